The summed E-state index contributed by atoms with van der Waals surface area (Å²) in [5.74, 6) is 1.17. The summed E-state index contributed by atoms with van der Waals surface area (Å²) in [6.07, 6.45) is 0. The highest BCUT2D eigenvalue weighted by Gasteiger charge is 2.14. The molecule has 0 atom stereocenters. The third kappa shape index (κ3) is 4.12. The average Bonchev–Trinajstić information content (AvgIpc) is 2.42. The molecule has 0 bridgehead atoms. The summed E-state index contributed by atoms with van der Waals surface area (Å²) in [7, 11) is 1.62. The molecule has 0 saturated heterocycles. The van der Waals surface area contributed by atoms with Crippen LogP contribution in [0.2, 0.25) is 0 Å². The number of halogens is 3. The van der Waals surface area contributed by atoms with E-state index in [1.54, 1.807) is 19.2 Å². The average molecular weight is 622 g/mol. The van der Waals surface area contributed by atoms with Crippen molar-refractivity contribution in [2.75, 3.05) is 7.11 Å². The van der Waals surface area contributed by atoms with Crippen molar-refractivity contribution in [3.8, 4) is 17.2 Å². The molecule has 0 aromatic heterocycles. The monoisotopic (exact) mass is 622 g/mol. The Morgan fingerprint density at radius 1 is 1.05 bits per heavy atom. The summed E-state index contributed by atoms with van der Waals surface area (Å²) in [6, 6.07) is 8.71. The van der Waals surface area contributed by atoms with Crippen LogP contribution in [0.3, 0.4) is 0 Å². The number of methoxy groups -OCH3 is 1. The number of aromatic carboxylic acids is 1. The lowest BCUT2D eigenvalue weighted by Crippen LogP contribution is -2.00. The van der Waals surface area contributed by atoms with Gasteiger partial charge in [-0.25, -0.2) is 4.79 Å². The second-order valence-electron chi connectivity index (χ2n) is 3.97. The minimum Gasteiger partial charge on any atom is -0.496 e. The van der Waals surface area contributed by atoms with Crippen LogP contribution < -0.4 is 9.47 Å². The highest BCUT2D eigenvalue weighted by atomic mass is 127. The molecule has 2 aromatic rings. The molecule has 0 radical (unpaired) electrons. The SMILES string of the molecule is COc1ccc(Oc2c(I)cc(C(=O)O)cc2I)cc1I. The molecule has 0 aliphatic heterocycles. The highest BCUT2D eigenvalue weighted by Crippen LogP contribution is 2.34. The summed E-state index contributed by atoms with van der Waals surface area (Å²) in [6.45, 7) is 0. The van der Waals surface area contributed by atoms with Gasteiger partial charge in [-0.3, -0.25) is 0 Å². The van der Waals surface area contributed by atoms with Crippen molar-refractivity contribution in [3.05, 3.63) is 46.6 Å². The van der Waals surface area contributed by atoms with E-state index in [0.717, 1.165) is 16.5 Å². The normalized spacial score (nSPS) is 10.3. The van der Waals surface area contributed by atoms with Crippen molar-refractivity contribution in [1.29, 1.82) is 0 Å². The maximum absolute atomic E-state index is 11.0. The van der Waals surface area contributed by atoms with Gasteiger partial charge in [0.05, 0.1) is 23.4 Å². The zero-order chi connectivity index (χ0) is 15.6. The lowest BCUT2D eigenvalue weighted by atomic mass is 10.2. The third-order valence-corrected chi connectivity index (χ3v) is 5.03. The number of rotatable bonds is 4. The quantitative estimate of drug-likeness (QED) is 0.489. The van der Waals surface area contributed by atoms with E-state index in [2.05, 4.69) is 67.8 Å². The van der Waals surface area contributed by atoms with Gasteiger partial charge >= 0.3 is 5.97 Å². The topological polar surface area (TPSA) is 55.8 Å². The fourth-order valence-corrected chi connectivity index (χ4v) is 4.30. The summed E-state index contributed by atoms with van der Waals surface area (Å²) < 4.78 is 13.5. The molecule has 2 rings (SSSR count). The van der Waals surface area contributed by atoms with E-state index >= 15 is 0 Å². The van der Waals surface area contributed by atoms with Gasteiger partial charge in [-0.2, -0.15) is 0 Å². The molecule has 0 spiro atoms. The zero-order valence-electron chi connectivity index (χ0n) is 10.7. The Morgan fingerprint density at radius 3 is 2.14 bits per heavy atom. The van der Waals surface area contributed by atoms with E-state index in [1.807, 2.05) is 18.2 Å². The van der Waals surface area contributed by atoms with E-state index in [-0.39, 0.29) is 5.56 Å². The molecule has 0 amide bonds. The lowest BCUT2D eigenvalue weighted by Gasteiger charge is -2.12. The van der Waals surface area contributed by atoms with Gasteiger partial charge in [0, 0.05) is 0 Å². The van der Waals surface area contributed by atoms with Crippen LogP contribution in [0.5, 0.6) is 17.2 Å². The van der Waals surface area contributed by atoms with Gasteiger partial charge < -0.3 is 14.6 Å². The molecule has 4 nitrogen and oxygen atoms in total. The van der Waals surface area contributed by atoms with Gasteiger partial charge in [0.2, 0.25) is 0 Å². The molecule has 0 heterocycles. The van der Waals surface area contributed by atoms with Crippen LogP contribution in [-0.2, 0) is 0 Å². The molecule has 1 N–H and O–H groups in total. The summed E-state index contributed by atoms with van der Waals surface area (Å²) in [5, 5.41) is 9.05. The second-order valence-corrected chi connectivity index (χ2v) is 7.46. The molecule has 0 fully saturated rings. The summed E-state index contributed by atoms with van der Waals surface area (Å²) >= 11 is 6.32. The largest absolute Gasteiger partial charge is 0.496 e. The molecule has 0 aliphatic rings. The molecular weight excluding hydrogens is 613 g/mol. The Kier molecular flexibility index (Phi) is 5.94. The number of hydrogen-bond acceptors (Lipinski definition) is 3. The first-order valence-corrected chi connectivity index (χ1v) is 8.89. The number of carboxylic acids is 1. The minimum absolute atomic E-state index is 0.250. The van der Waals surface area contributed by atoms with Gasteiger partial charge in [-0.05, 0) is 98.1 Å². The standard InChI is InChI=1S/C14H9I3O4/c1-20-12-3-2-8(6-9(12)15)21-13-10(16)4-7(14(18)19)5-11(13)17/h2-6H,1H3,(H,18,19). The van der Waals surface area contributed by atoms with Crippen molar-refractivity contribution in [2.45, 2.75) is 0 Å². The summed E-state index contributed by atoms with van der Waals surface area (Å²) in [4.78, 5) is 11.0. The van der Waals surface area contributed by atoms with Crippen LogP contribution in [0.1, 0.15) is 10.4 Å². The Labute approximate surface area is 162 Å². The molecule has 7 heteroatoms. The second kappa shape index (κ2) is 7.31. The van der Waals surface area contributed by atoms with Gasteiger partial charge in [0.1, 0.15) is 11.5 Å². The van der Waals surface area contributed by atoms with Gasteiger partial charge in [0.25, 0.3) is 0 Å². The molecule has 2 aromatic carbocycles. The van der Waals surface area contributed by atoms with E-state index in [9.17, 15) is 4.79 Å². The molecule has 0 aliphatic carbocycles. The van der Waals surface area contributed by atoms with Crippen LogP contribution in [0.15, 0.2) is 30.3 Å². The first-order valence-electron chi connectivity index (χ1n) is 5.66. The predicted octanol–water partition coefficient (Wildman–Crippen LogP) is 5.00. The Bertz CT molecular complexity index is 678. The number of carbonyl (C=O) groups is 1. The van der Waals surface area contributed by atoms with E-state index in [4.69, 9.17) is 14.6 Å². The number of carboxylic acid groups (broad SMARTS) is 1. The Balaban J connectivity index is 2.35. The zero-order valence-corrected chi connectivity index (χ0v) is 17.2. The smallest absolute Gasteiger partial charge is 0.335 e. The molecule has 21 heavy (non-hydrogen) atoms. The van der Waals surface area contributed by atoms with Crippen molar-refractivity contribution in [2.24, 2.45) is 0 Å². The van der Waals surface area contributed by atoms with Crippen LogP contribution in [0.4, 0.5) is 0 Å². The van der Waals surface area contributed by atoms with Crippen LogP contribution >= 0.6 is 67.8 Å². The fourth-order valence-electron chi connectivity index (χ4n) is 1.61. The van der Waals surface area contributed by atoms with Crippen LogP contribution in [0.25, 0.3) is 0 Å². The van der Waals surface area contributed by atoms with Crippen molar-refractivity contribution < 1.29 is 19.4 Å². The van der Waals surface area contributed by atoms with Gasteiger partial charge in [0.15, 0.2) is 5.75 Å². The first-order chi connectivity index (χ1) is 9.92. The van der Waals surface area contributed by atoms with E-state index in [1.165, 1.54) is 0 Å². The molecule has 110 valence electrons. The molecule has 0 saturated carbocycles. The first kappa shape index (κ1) is 17.1. The fraction of sp³-hybridized carbons (Fsp3) is 0.0714. The number of benzene rings is 2. The van der Waals surface area contributed by atoms with E-state index < -0.39 is 5.97 Å². The van der Waals surface area contributed by atoms with Gasteiger partial charge in [-0.1, -0.05) is 0 Å². The van der Waals surface area contributed by atoms with Crippen LogP contribution in [-0.4, -0.2) is 18.2 Å². The van der Waals surface area contributed by atoms with Crippen molar-refractivity contribution in [1.82, 2.24) is 0 Å². The lowest BCUT2D eigenvalue weighted by molar-refractivity contribution is 0.0696. The third-order valence-electron chi connectivity index (χ3n) is 2.59. The molecular formula is C14H9I3O4. The maximum atomic E-state index is 11.0. The number of ether oxygens (including phenoxy) is 2. The maximum Gasteiger partial charge on any atom is 0.335 e. The highest BCUT2D eigenvalue weighted by molar-refractivity contribution is 14.1. The number of hydrogen-bond donors (Lipinski definition) is 1. The van der Waals surface area contributed by atoms with Crippen molar-refractivity contribution in [3.63, 3.8) is 0 Å². The minimum atomic E-state index is -0.948. The molecule has 0 unspecified atom stereocenters. The van der Waals surface area contributed by atoms with Crippen LogP contribution in [0, 0.1) is 10.7 Å². The van der Waals surface area contributed by atoms with Gasteiger partial charge in [-0.15, -0.1) is 0 Å². The van der Waals surface area contributed by atoms with E-state index in [0.29, 0.717) is 11.5 Å². The Hall–Kier alpha value is -0.300. The van der Waals surface area contributed by atoms with Crippen molar-refractivity contribution >= 4 is 73.7 Å². The Morgan fingerprint density at radius 2 is 1.67 bits per heavy atom. The summed E-state index contributed by atoms with van der Waals surface area (Å²) in [5.41, 5.74) is 0.250. The predicted molar refractivity (Wildman–Crippen MR) is 105 cm³/mol.